The molecule has 0 bridgehead atoms. The molecule has 4 aromatic rings. The van der Waals surface area contributed by atoms with Gasteiger partial charge in [0, 0.05) is 30.7 Å². The van der Waals surface area contributed by atoms with E-state index in [1.165, 1.54) is 28.5 Å². The van der Waals surface area contributed by atoms with Crippen molar-refractivity contribution in [2.24, 2.45) is 14.1 Å². The summed E-state index contributed by atoms with van der Waals surface area (Å²) in [5.74, 6) is 0.478. The van der Waals surface area contributed by atoms with Gasteiger partial charge in [0.2, 0.25) is 5.28 Å². The summed E-state index contributed by atoms with van der Waals surface area (Å²) in [6.07, 6.45) is 1.78. The van der Waals surface area contributed by atoms with E-state index in [1.54, 1.807) is 17.8 Å². The highest BCUT2D eigenvalue weighted by molar-refractivity contribution is 7.15. The van der Waals surface area contributed by atoms with Crippen molar-refractivity contribution < 1.29 is 0 Å². The van der Waals surface area contributed by atoms with Crippen LogP contribution in [-0.2, 0) is 20.6 Å². The van der Waals surface area contributed by atoms with E-state index >= 15 is 0 Å². The van der Waals surface area contributed by atoms with Crippen molar-refractivity contribution >= 4 is 34.1 Å². The van der Waals surface area contributed by atoms with Crippen molar-refractivity contribution in [1.29, 1.82) is 0 Å². The average molecular weight is 430 g/mol. The number of fused-ring (bicyclic) bond motifs is 1. The number of aromatic nitrogens is 5. The van der Waals surface area contributed by atoms with Crippen molar-refractivity contribution in [1.82, 2.24) is 23.7 Å². The average Bonchev–Trinajstić information content (AvgIpc) is 3.30. The first-order chi connectivity index (χ1) is 13.8. The first-order valence-corrected chi connectivity index (χ1v) is 10.3. The molecule has 3 heterocycles. The molecule has 0 unspecified atom stereocenters. The molecule has 0 saturated heterocycles. The number of hydrogen-bond acceptors (Lipinski definition) is 5. The van der Waals surface area contributed by atoms with Crippen molar-refractivity contribution in [3.63, 3.8) is 0 Å². The topological polar surface area (TPSA) is 74.7 Å². The zero-order chi connectivity index (χ0) is 20.9. The number of imidazole rings is 1. The first-order valence-electron chi connectivity index (χ1n) is 9.14. The molecule has 0 fully saturated rings. The predicted molar refractivity (Wildman–Crippen MR) is 116 cm³/mol. The lowest BCUT2D eigenvalue weighted by molar-refractivity contribution is 0.703. The Morgan fingerprint density at radius 1 is 1.10 bits per heavy atom. The summed E-state index contributed by atoms with van der Waals surface area (Å²) >= 11 is 7.85. The van der Waals surface area contributed by atoms with Crippen LogP contribution >= 0.6 is 22.9 Å². The fourth-order valence-electron chi connectivity index (χ4n) is 3.24. The Kier molecular flexibility index (Phi) is 4.92. The maximum absolute atomic E-state index is 12.7. The molecule has 0 spiro atoms. The van der Waals surface area contributed by atoms with Crippen molar-refractivity contribution in [3.8, 4) is 10.6 Å². The number of thiazole rings is 1. The minimum Gasteiger partial charge on any atom is -0.303 e. The van der Waals surface area contributed by atoms with Gasteiger partial charge in [-0.3, -0.25) is 13.9 Å². The number of benzene rings is 1. The predicted octanol–water partition coefficient (Wildman–Crippen LogP) is 3.38. The molecule has 0 aliphatic heterocycles. The van der Waals surface area contributed by atoms with Gasteiger partial charge in [-0.1, -0.05) is 38.1 Å². The Morgan fingerprint density at radius 3 is 2.45 bits per heavy atom. The summed E-state index contributed by atoms with van der Waals surface area (Å²) in [7, 11) is 3.02. The van der Waals surface area contributed by atoms with Crippen LogP contribution in [0.2, 0.25) is 5.28 Å². The van der Waals surface area contributed by atoms with Crippen molar-refractivity contribution in [2.75, 3.05) is 0 Å². The van der Waals surface area contributed by atoms with E-state index in [2.05, 4.69) is 48.1 Å². The van der Waals surface area contributed by atoms with Gasteiger partial charge in [0.05, 0.1) is 6.54 Å². The molecule has 0 N–H and O–H groups in total. The van der Waals surface area contributed by atoms with Gasteiger partial charge in [0.1, 0.15) is 5.01 Å². The molecule has 0 amide bonds. The zero-order valence-corrected chi connectivity index (χ0v) is 18.1. The van der Waals surface area contributed by atoms with Crippen LogP contribution in [-0.4, -0.2) is 23.7 Å². The highest BCUT2D eigenvalue weighted by Gasteiger charge is 2.19. The number of aryl methyl sites for hydroxylation is 1. The molecule has 9 heteroatoms. The minimum absolute atomic E-state index is 0.162. The lowest BCUT2D eigenvalue weighted by Crippen LogP contribution is -2.37. The lowest BCUT2D eigenvalue weighted by Gasteiger charge is -2.06. The van der Waals surface area contributed by atoms with Gasteiger partial charge in [-0.2, -0.15) is 4.98 Å². The highest BCUT2D eigenvalue weighted by atomic mass is 35.5. The van der Waals surface area contributed by atoms with Crippen LogP contribution in [0, 0.1) is 0 Å². The van der Waals surface area contributed by atoms with Crippen LogP contribution in [0.5, 0.6) is 0 Å². The smallest absolute Gasteiger partial charge is 0.303 e. The van der Waals surface area contributed by atoms with E-state index in [1.807, 2.05) is 0 Å². The van der Waals surface area contributed by atoms with Crippen molar-refractivity contribution in [3.05, 3.63) is 67.0 Å². The first kappa shape index (κ1) is 19.6. The molecule has 4 rings (SSSR count). The SMILES string of the molecule is CC(C)c1ccc(-c2ncc(Cn3c(Cl)nc4c3c(=O)n(C)c(=O)n4C)s2)cc1. The number of hydrogen-bond donors (Lipinski definition) is 0. The quantitative estimate of drug-likeness (QED) is 0.466. The van der Waals surface area contributed by atoms with Gasteiger partial charge in [0.25, 0.3) is 5.56 Å². The number of nitrogens with zero attached hydrogens (tertiary/aromatic N) is 5. The Bertz CT molecular complexity index is 1330. The van der Waals surface area contributed by atoms with Gasteiger partial charge in [-0.15, -0.1) is 11.3 Å². The maximum Gasteiger partial charge on any atom is 0.332 e. The van der Waals surface area contributed by atoms with Gasteiger partial charge in [0.15, 0.2) is 11.2 Å². The molecule has 0 saturated carbocycles. The fourth-order valence-corrected chi connectivity index (χ4v) is 4.38. The minimum atomic E-state index is -0.436. The Hall–Kier alpha value is -2.71. The Balaban J connectivity index is 1.73. The second-order valence-electron chi connectivity index (χ2n) is 7.25. The normalized spacial score (nSPS) is 11.7. The molecule has 29 heavy (non-hydrogen) atoms. The molecular formula is C20H20ClN5O2S. The van der Waals surface area contributed by atoms with E-state index in [4.69, 9.17) is 11.6 Å². The van der Waals surface area contributed by atoms with Crippen LogP contribution in [0.15, 0.2) is 40.1 Å². The summed E-state index contributed by atoms with van der Waals surface area (Å²) in [4.78, 5) is 34.5. The summed E-state index contributed by atoms with van der Waals surface area (Å²) < 4.78 is 4.01. The molecule has 7 nitrogen and oxygen atoms in total. The standard InChI is InChI=1S/C20H20ClN5O2S/c1-11(2)12-5-7-13(8-6-12)17-22-9-14(29-17)10-26-15-16(23-19(26)21)24(3)20(28)25(4)18(15)27/h5-9,11H,10H2,1-4H3. The van der Waals surface area contributed by atoms with E-state index in [0.29, 0.717) is 18.0 Å². The fraction of sp³-hybridized carbons (Fsp3) is 0.300. The summed E-state index contributed by atoms with van der Waals surface area (Å²) in [6.45, 7) is 4.68. The van der Waals surface area contributed by atoms with E-state index in [0.717, 1.165) is 20.0 Å². The van der Waals surface area contributed by atoms with Gasteiger partial charge >= 0.3 is 5.69 Å². The third-order valence-corrected chi connectivity index (χ3v) is 6.31. The summed E-state index contributed by atoms with van der Waals surface area (Å²) in [5, 5.41) is 1.06. The maximum atomic E-state index is 12.7. The second kappa shape index (κ2) is 7.27. The van der Waals surface area contributed by atoms with E-state index in [-0.39, 0.29) is 10.9 Å². The largest absolute Gasteiger partial charge is 0.332 e. The molecule has 150 valence electrons. The number of rotatable bonds is 4. The van der Waals surface area contributed by atoms with E-state index < -0.39 is 11.2 Å². The molecular weight excluding hydrogens is 410 g/mol. The van der Waals surface area contributed by atoms with Gasteiger partial charge < -0.3 is 4.57 Å². The molecule has 1 aromatic carbocycles. The summed E-state index contributed by atoms with van der Waals surface area (Å²) in [6, 6.07) is 8.38. The monoisotopic (exact) mass is 429 g/mol. The van der Waals surface area contributed by atoms with Crippen LogP contribution in [0.1, 0.15) is 30.2 Å². The molecule has 0 radical (unpaired) electrons. The van der Waals surface area contributed by atoms with Gasteiger partial charge in [-0.25, -0.2) is 9.78 Å². The van der Waals surface area contributed by atoms with E-state index in [9.17, 15) is 9.59 Å². The van der Waals surface area contributed by atoms with Crippen LogP contribution in [0.4, 0.5) is 0 Å². The molecule has 0 aliphatic rings. The molecule has 0 aliphatic carbocycles. The second-order valence-corrected chi connectivity index (χ2v) is 8.71. The summed E-state index contributed by atoms with van der Waals surface area (Å²) in [5.41, 5.74) is 2.05. The lowest BCUT2D eigenvalue weighted by atomic mass is 10.0. The molecule has 0 atom stereocenters. The molecule has 3 aromatic heterocycles. The number of halogens is 1. The third-order valence-electron chi connectivity index (χ3n) is 4.99. The Labute approximate surface area is 175 Å². The highest BCUT2D eigenvalue weighted by Crippen LogP contribution is 2.28. The van der Waals surface area contributed by atoms with Crippen LogP contribution in [0.3, 0.4) is 0 Å². The van der Waals surface area contributed by atoms with Crippen LogP contribution in [0.25, 0.3) is 21.7 Å². The van der Waals surface area contributed by atoms with Crippen LogP contribution < -0.4 is 11.2 Å². The third kappa shape index (κ3) is 3.32. The van der Waals surface area contributed by atoms with Crippen molar-refractivity contribution in [2.45, 2.75) is 26.3 Å². The van der Waals surface area contributed by atoms with Gasteiger partial charge in [-0.05, 0) is 23.1 Å². The zero-order valence-electron chi connectivity index (χ0n) is 16.5. The Morgan fingerprint density at radius 2 is 1.79 bits per heavy atom.